The van der Waals surface area contributed by atoms with Crippen molar-refractivity contribution in [1.82, 2.24) is 5.32 Å². The van der Waals surface area contributed by atoms with Gasteiger partial charge in [-0.3, -0.25) is 0 Å². The summed E-state index contributed by atoms with van der Waals surface area (Å²) in [5, 5.41) is 3.42. The molecule has 0 spiro atoms. The number of hydrogen-bond acceptors (Lipinski definition) is 1. The van der Waals surface area contributed by atoms with Gasteiger partial charge in [0.15, 0.2) is 0 Å². The van der Waals surface area contributed by atoms with Crippen molar-refractivity contribution in [2.24, 2.45) is 5.92 Å². The Labute approximate surface area is 118 Å². The van der Waals surface area contributed by atoms with E-state index in [1.807, 2.05) is 0 Å². The molecule has 19 heavy (non-hydrogen) atoms. The Morgan fingerprint density at radius 1 is 1.16 bits per heavy atom. The maximum atomic E-state index is 3.42. The first kappa shape index (κ1) is 14.6. The Bertz CT molecular complexity index is 375. The molecule has 1 saturated carbocycles. The SMILES string of the molecule is CCCc1ccc(C(C)(CNC)C2CCCC2)cc1. The highest BCUT2D eigenvalue weighted by Crippen LogP contribution is 2.41. The van der Waals surface area contributed by atoms with E-state index in [0.29, 0.717) is 5.41 Å². The number of benzene rings is 1. The molecule has 1 aromatic carbocycles. The summed E-state index contributed by atoms with van der Waals surface area (Å²) >= 11 is 0. The highest BCUT2D eigenvalue weighted by molar-refractivity contribution is 5.30. The number of likely N-dealkylation sites (N-methyl/N-ethyl adjacent to an activating group) is 1. The monoisotopic (exact) mass is 259 g/mol. The van der Waals surface area contributed by atoms with Crippen LogP contribution in [0.2, 0.25) is 0 Å². The molecule has 0 radical (unpaired) electrons. The minimum absolute atomic E-state index is 0.302. The Kier molecular flexibility index (Phi) is 5.04. The van der Waals surface area contributed by atoms with Gasteiger partial charge in [-0.15, -0.1) is 0 Å². The maximum Gasteiger partial charge on any atom is 0.00776 e. The van der Waals surface area contributed by atoms with Gasteiger partial charge in [0.05, 0.1) is 0 Å². The first-order chi connectivity index (χ1) is 9.20. The van der Waals surface area contributed by atoms with Crippen LogP contribution in [0.5, 0.6) is 0 Å². The molecule has 1 aliphatic carbocycles. The highest BCUT2D eigenvalue weighted by atomic mass is 14.8. The molecule has 1 nitrogen and oxygen atoms in total. The summed E-state index contributed by atoms with van der Waals surface area (Å²) < 4.78 is 0. The second-order valence-corrected chi connectivity index (χ2v) is 6.38. The molecule has 0 saturated heterocycles. The molecule has 1 N–H and O–H groups in total. The summed E-state index contributed by atoms with van der Waals surface area (Å²) in [5.41, 5.74) is 3.30. The fourth-order valence-corrected chi connectivity index (χ4v) is 3.75. The van der Waals surface area contributed by atoms with E-state index in [1.54, 1.807) is 0 Å². The molecule has 1 aliphatic rings. The fraction of sp³-hybridized carbons (Fsp3) is 0.667. The summed E-state index contributed by atoms with van der Waals surface area (Å²) in [4.78, 5) is 0. The van der Waals surface area contributed by atoms with Gasteiger partial charge in [-0.1, -0.05) is 57.4 Å². The van der Waals surface area contributed by atoms with Crippen LogP contribution in [0.1, 0.15) is 57.1 Å². The molecule has 0 heterocycles. The van der Waals surface area contributed by atoms with Crippen molar-refractivity contribution in [3.8, 4) is 0 Å². The highest BCUT2D eigenvalue weighted by Gasteiger charge is 2.36. The smallest absolute Gasteiger partial charge is 0.00776 e. The third-order valence-corrected chi connectivity index (χ3v) is 4.95. The second-order valence-electron chi connectivity index (χ2n) is 6.38. The Balaban J connectivity index is 2.22. The maximum absolute atomic E-state index is 3.42. The summed E-state index contributed by atoms with van der Waals surface area (Å²) in [7, 11) is 2.08. The third-order valence-electron chi connectivity index (χ3n) is 4.95. The van der Waals surface area contributed by atoms with Crippen molar-refractivity contribution < 1.29 is 0 Å². The van der Waals surface area contributed by atoms with E-state index >= 15 is 0 Å². The van der Waals surface area contributed by atoms with Crippen LogP contribution in [-0.2, 0) is 11.8 Å². The van der Waals surface area contributed by atoms with Gasteiger partial charge in [-0.25, -0.2) is 0 Å². The predicted octanol–water partition coefficient (Wildman–Crippen LogP) is 4.31. The van der Waals surface area contributed by atoms with Crippen LogP contribution in [0, 0.1) is 5.92 Å². The van der Waals surface area contributed by atoms with E-state index in [1.165, 1.54) is 49.7 Å². The molecule has 106 valence electrons. The van der Waals surface area contributed by atoms with E-state index in [2.05, 4.69) is 50.5 Å². The Morgan fingerprint density at radius 3 is 2.32 bits per heavy atom. The second kappa shape index (κ2) is 6.56. The van der Waals surface area contributed by atoms with Crippen LogP contribution in [0.25, 0.3) is 0 Å². The first-order valence-electron chi connectivity index (χ1n) is 7.94. The molecule has 0 bridgehead atoms. The zero-order valence-electron chi connectivity index (χ0n) is 12.8. The lowest BCUT2D eigenvalue weighted by Gasteiger charge is -2.36. The van der Waals surface area contributed by atoms with E-state index < -0.39 is 0 Å². The quantitative estimate of drug-likeness (QED) is 0.803. The first-order valence-corrected chi connectivity index (χ1v) is 7.94. The topological polar surface area (TPSA) is 12.0 Å². The summed E-state index contributed by atoms with van der Waals surface area (Å²) in [6, 6.07) is 9.42. The molecule has 1 heteroatoms. The van der Waals surface area contributed by atoms with Crippen LogP contribution < -0.4 is 5.32 Å². The van der Waals surface area contributed by atoms with Gasteiger partial charge in [0.2, 0.25) is 0 Å². The minimum atomic E-state index is 0.302. The van der Waals surface area contributed by atoms with Gasteiger partial charge in [-0.05, 0) is 43.4 Å². The van der Waals surface area contributed by atoms with Crippen molar-refractivity contribution in [3.63, 3.8) is 0 Å². The van der Waals surface area contributed by atoms with Gasteiger partial charge >= 0.3 is 0 Å². The van der Waals surface area contributed by atoms with Gasteiger partial charge in [-0.2, -0.15) is 0 Å². The standard InChI is InChI=1S/C18H29N/c1-4-7-15-10-12-17(13-11-15)18(2,14-19-3)16-8-5-6-9-16/h10-13,16,19H,4-9,14H2,1-3H3. The van der Waals surface area contributed by atoms with Crippen LogP contribution >= 0.6 is 0 Å². The molecule has 1 fully saturated rings. The normalized spacial score (nSPS) is 19.5. The largest absolute Gasteiger partial charge is 0.319 e. The van der Waals surface area contributed by atoms with E-state index in [9.17, 15) is 0 Å². The molecular formula is C18H29N. The molecular weight excluding hydrogens is 230 g/mol. The zero-order chi connectivity index (χ0) is 13.7. The zero-order valence-corrected chi connectivity index (χ0v) is 12.8. The average molecular weight is 259 g/mol. The van der Waals surface area contributed by atoms with Crippen LogP contribution in [-0.4, -0.2) is 13.6 Å². The van der Waals surface area contributed by atoms with Crippen LogP contribution in [0.3, 0.4) is 0 Å². The number of nitrogens with one attached hydrogen (secondary N) is 1. The number of aryl methyl sites for hydroxylation is 1. The molecule has 1 aromatic rings. The molecule has 2 rings (SSSR count). The van der Waals surface area contributed by atoms with E-state index in [0.717, 1.165) is 12.5 Å². The number of hydrogen-bond donors (Lipinski definition) is 1. The summed E-state index contributed by atoms with van der Waals surface area (Å²) in [5.74, 6) is 0.844. The fourth-order valence-electron chi connectivity index (χ4n) is 3.75. The van der Waals surface area contributed by atoms with Crippen molar-refractivity contribution in [2.75, 3.05) is 13.6 Å². The minimum Gasteiger partial charge on any atom is -0.319 e. The molecule has 0 aliphatic heterocycles. The van der Waals surface area contributed by atoms with Gasteiger partial charge < -0.3 is 5.32 Å². The van der Waals surface area contributed by atoms with Crippen molar-refractivity contribution in [3.05, 3.63) is 35.4 Å². The lowest BCUT2D eigenvalue weighted by molar-refractivity contribution is 0.289. The molecule has 0 amide bonds. The average Bonchev–Trinajstić information content (AvgIpc) is 2.94. The molecule has 1 unspecified atom stereocenters. The lowest BCUT2D eigenvalue weighted by Crippen LogP contribution is -2.39. The predicted molar refractivity (Wildman–Crippen MR) is 83.7 cm³/mol. The molecule has 1 atom stereocenters. The van der Waals surface area contributed by atoms with Crippen LogP contribution in [0.15, 0.2) is 24.3 Å². The van der Waals surface area contributed by atoms with Gasteiger partial charge in [0.25, 0.3) is 0 Å². The van der Waals surface area contributed by atoms with E-state index in [4.69, 9.17) is 0 Å². The van der Waals surface area contributed by atoms with Crippen molar-refractivity contribution in [2.45, 2.75) is 57.8 Å². The Morgan fingerprint density at radius 2 is 1.79 bits per heavy atom. The summed E-state index contributed by atoms with van der Waals surface area (Å²) in [6.07, 6.45) is 8.06. The lowest BCUT2D eigenvalue weighted by atomic mass is 9.70. The van der Waals surface area contributed by atoms with Gasteiger partial charge in [0, 0.05) is 12.0 Å². The third kappa shape index (κ3) is 3.20. The van der Waals surface area contributed by atoms with Crippen molar-refractivity contribution in [1.29, 1.82) is 0 Å². The van der Waals surface area contributed by atoms with E-state index in [-0.39, 0.29) is 0 Å². The number of rotatable bonds is 6. The summed E-state index contributed by atoms with van der Waals surface area (Å²) in [6.45, 7) is 5.79. The van der Waals surface area contributed by atoms with Gasteiger partial charge in [0.1, 0.15) is 0 Å². The van der Waals surface area contributed by atoms with Crippen molar-refractivity contribution >= 4 is 0 Å². The van der Waals surface area contributed by atoms with Crippen LogP contribution in [0.4, 0.5) is 0 Å². The Hall–Kier alpha value is -0.820. The molecule has 0 aromatic heterocycles.